The molecule has 1 aliphatic rings. The molecule has 0 unspecified atom stereocenters. The Morgan fingerprint density at radius 1 is 1.26 bits per heavy atom. The van der Waals surface area contributed by atoms with Crippen molar-refractivity contribution in [3.05, 3.63) is 57.0 Å². The highest BCUT2D eigenvalue weighted by atomic mass is 32.2. The number of carbonyl (C=O) groups is 1. The van der Waals surface area contributed by atoms with Gasteiger partial charge >= 0.3 is 5.69 Å². The van der Waals surface area contributed by atoms with Gasteiger partial charge in [-0.25, -0.2) is 4.99 Å². The quantitative estimate of drug-likeness (QED) is 0.385. The first kappa shape index (κ1) is 22.2. The smallest absolute Gasteiger partial charge is 0.315 e. The van der Waals surface area contributed by atoms with Crippen molar-refractivity contribution in [2.24, 2.45) is 4.99 Å². The summed E-state index contributed by atoms with van der Waals surface area (Å²) in [5.74, 6) is -0.116. The van der Waals surface area contributed by atoms with Crippen LogP contribution in [-0.2, 0) is 4.79 Å². The molecule has 10 heteroatoms. The summed E-state index contributed by atoms with van der Waals surface area (Å²) in [6.07, 6.45) is 1.53. The number of hydrogen-bond donors (Lipinski definition) is 1. The first-order valence-corrected chi connectivity index (χ1v) is 10.3. The van der Waals surface area contributed by atoms with E-state index < -0.39 is 16.4 Å². The third kappa shape index (κ3) is 4.80. The molecule has 1 amide bonds. The van der Waals surface area contributed by atoms with Gasteiger partial charge in [0, 0.05) is 12.6 Å². The van der Waals surface area contributed by atoms with Crippen LogP contribution in [0.1, 0.15) is 19.4 Å². The Bertz CT molecular complexity index is 1070. The summed E-state index contributed by atoms with van der Waals surface area (Å²) in [5, 5.41) is 21.8. The molecule has 162 valence electrons. The van der Waals surface area contributed by atoms with E-state index in [1.807, 2.05) is 6.92 Å². The van der Waals surface area contributed by atoms with Crippen LogP contribution in [0.3, 0.4) is 0 Å². The number of benzene rings is 2. The summed E-state index contributed by atoms with van der Waals surface area (Å²) >= 11 is 1.17. The lowest BCUT2D eigenvalue weighted by Gasteiger charge is -2.12. The summed E-state index contributed by atoms with van der Waals surface area (Å²) in [6.45, 7) is 4.18. The predicted octanol–water partition coefficient (Wildman–Crippen LogP) is 4.33. The van der Waals surface area contributed by atoms with Gasteiger partial charge in [0.1, 0.15) is 5.75 Å². The number of amides is 1. The molecule has 0 atom stereocenters. The number of ether oxygens (including phenoxy) is 2. The van der Waals surface area contributed by atoms with Crippen LogP contribution in [-0.4, -0.2) is 46.3 Å². The molecule has 0 spiro atoms. The van der Waals surface area contributed by atoms with Gasteiger partial charge in [0.2, 0.25) is 5.75 Å². The molecule has 9 nitrogen and oxygen atoms in total. The number of nitro groups is 1. The van der Waals surface area contributed by atoms with Gasteiger partial charge in [-0.05, 0) is 67.6 Å². The Kier molecular flexibility index (Phi) is 6.81. The third-order valence-electron chi connectivity index (χ3n) is 4.37. The number of methoxy groups -OCH3 is 1. The molecule has 1 heterocycles. The molecule has 1 aliphatic heterocycles. The van der Waals surface area contributed by atoms with Crippen LogP contribution in [0.15, 0.2) is 46.3 Å². The summed E-state index contributed by atoms with van der Waals surface area (Å²) in [7, 11) is 1.58. The summed E-state index contributed by atoms with van der Waals surface area (Å²) in [4.78, 5) is 29.9. The molecule has 1 fully saturated rings. The minimum Gasteiger partial charge on any atom is -0.500 e. The van der Waals surface area contributed by atoms with Gasteiger partial charge in [0.15, 0.2) is 10.9 Å². The number of likely N-dealkylation sites (N-methyl/N-ethyl adjacent to an activating group) is 1. The maximum absolute atomic E-state index is 12.9. The maximum Gasteiger partial charge on any atom is 0.315 e. The van der Waals surface area contributed by atoms with Crippen LogP contribution in [0.25, 0.3) is 6.08 Å². The highest BCUT2D eigenvalue weighted by Gasteiger charge is 2.32. The van der Waals surface area contributed by atoms with Gasteiger partial charge in [-0.2, -0.15) is 0 Å². The Balaban J connectivity index is 1.98. The molecule has 1 saturated heterocycles. The lowest BCUT2D eigenvalue weighted by atomic mass is 10.1. The molecule has 3 rings (SSSR count). The van der Waals surface area contributed by atoms with E-state index >= 15 is 0 Å². The largest absolute Gasteiger partial charge is 0.500 e. The number of carbonyl (C=O) groups excluding carboxylic acids is 1. The number of nitrogens with zero attached hydrogens (tertiary/aromatic N) is 3. The molecule has 0 bridgehead atoms. The van der Waals surface area contributed by atoms with E-state index in [2.05, 4.69) is 4.99 Å². The van der Waals surface area contributed by atoms with E-state index in [0.29, 0.717) is 33.6 Å². The summed E-state index contributed by atoms with van der Waals surface area (Å²) in [6, 6.07) is 9.78. The molecule has 2 aromatic carbocycles. The lowest BCUT2D eigenvalue weighted by molar-refractivity contribution is -0.386. The summed E-state index contributed by atoms with van der Waals surface area (Å²) < 4.78 is 10.4. The maximum atomic E-state index is 12.9. The van der Waals surface area contributed by atoms with Crippen molar-refractivity contribution in [2.75, 3.05) is 20.3 Å². The lowest BCUT2D eigenvalue weighted by Crippen LogP contribution is -2.28. The molecular formula is C21H21N3O6S. The van der Waals surface area contributed by atoms with Crippen molar-refractivity contribution in [1.29, 1.82) is 0 Å². The standard InChI is InChI=1S/C21H21N3O6S/c1-4-23-20(26)18(31-21(23)22-14-6-8-15(29-3)9-7-14)12-13-10-16(24(27)28)19(25)17(11-13)30-5-2/h6-12,25H,4-5H2,1-3H3/b18-12+,22-21?. The van der Waals surface area contributed by atoms with E-state index in [1.165, 1.54) is 34.9 Å². The van der Waals surface area contributed by atoms with Gasteiger partial charge in [0.05, 0.1) is 29.2 Å². The Morgan fingerprint density at radius 3 is 2.55 bits per heavy atom. The minimum absolute atomic E-state index is 0.0153. The Morgan fingerprint density at radius 2 is 1.97 bits per heavy atom. The van der Waals surface area contributed by atoms with Crippen LogP contribution < -0.4 is 9.47 Å². The molecule has 31 heavy (non-hydrogen) atoms. The van der Waals surface area contributed by atoms with Crippen molar-refractivity contribution in [3.8, 4) is 17.2 Å². The topological polar surface area (TPSA) is 115 Å². The third-order valence-corrected chi connectivity index (χ3v) is 5.38. The Hall–Kier alpha value is -3.53. The molecule has 2 aromatic rings. The van der Waals surface area contributed by atoms with Crippen molar-refractivity contribution >= 4 is 40.3 Å². The zero-order chi connectivity index (χ0) is 22.5. The van der Waals surface area contributed by atoms with E-state index in [9.17, 15) is 20.0 Å². The number of thioether (sulfide) groups is 1. The average molecular weight is 443 g/mol. The van der Waals surface area contributed by atoms with E-state index in [0.717, 1.165) is 0 Å². The van der Waals surface area contributed by atoms with Crippen LogP contribution in [0.2, 0.25) is 0 Å². The van der Waals surface area contributed by atoms with Crippen LogP contribution in [0.5, 0.6) is 17.2 Å². The molecule has 0 aliphatic carbocycles. The van der Waals surface area contributed by atoms with Crippen molar-refractivity contribution in [2.45, 2.75) is 13.8 Å². The van der Waals surface area contributed by atoms with Crippen molar-refractivity contribution in [1.82, 2.24) is 4.90 Å². The van der Waals surface area contributed by atoms with Crippen LogP contribution in [0, 0.1) is 10.1 Å². The minimum atomic E-state index is -0.696. The fraction of sp³-hybridized carbons (Fsp3) is 0.238. The average Bonchev–Trinajstić information content (AvgIpc) is 3.04. The van der Waals surface area contributed by atoms with Gasteiger partial charge in [-0.1, -0.05) is 0 Å². The monoisotopic (exact) mass is 443 g/mol. The first-order chi connectivity index (χ1) is 14.9. The second-order valence-electron chi connectivity index (χ2n) is 6.33. The van der Waals surface area contributed by atoms with Crippen molar-refractivity contribution < 1.29 is 24.3 Å². The van der Waals surface area contributed by atoms with Gasteiger partial charge in [-0.3, -0.25) is 19.8 Å². The zero-order valence-corrected chi connectivity index (χ0v) is 18.0. The number of phenols is 1. The fourth-order valence-corrected chi connectivity index (χ4v) is 3.95. The predicted molar refractivity (Wildman–Crippen MR) is 119 cm³/mol. The number of rotatable bonds is 7. The second-order valence-corrected chi connectivity index (χ2v) is 7.34. The number of aromatic hydroxyl groups is 1. The highest BCUT2D eigenvalue weighted by molar-refractivity contribution is 8.18. The first-order valence-electron chi connectivity index (χ1n) is 9.46. The van der Waals surface area contributed by atoms with Crippen LogP contribution in [0.4, 0.5) is 11.4 Å². The van der Waals surface area contributed by atoms with Gasteiger partial charge in [-0.15, -0.1) is 0 Å². The molecule has 0 saturated carbocycles. The normalized spacial score (nSPS) is 16.2. The number of hydrogen-bond acceptors (Lipinski definition) is 8. The van der Waals surface area contributed by atoms with Crippen molar-refractivity contribution in [3.63, 3.8) is 0 Å². The van der Waals surface area contributed by atoms with Gasteiger partial charge < -0.3 is 14.6 Å². The van der Waals surface area contributed by atoms with Crippen LogP contribution >= 0.6 is 11.8 Å². The van der Waals surface area contributed by atoms with E-state index in [-0.39, 0.29) is 18.3 Å². The SMILES string of the molecule is CCOc1cc(/C=C2/SC(=Nc3ccc(OC)cc3)N(CC)C2=O)cc([N+](=O)[O-])c1O. The zero-order valence-electron chi connectivity index (χ0n) is 17.2. The molecule has 1 N–H and O–H groups in total. The molecule has 0 aromatic heterocycles. The summed E-state index contributed by atoms with van der Waals surface area (Å²) in [5.41, 5.74) is 0.535. The molecule has 0 radical (unpaired) electrons. The number of amidine groups is 1. The number of aliphatic imine (C=N–C) groups is 1. The number of phenolic OH excluding ortho intramolecular Hbond substituents is 1. The van der Waals surface area contributed by atoms with E-state index in [1.54, 1.807) is 38.3 Å². The fourth-order valence-electron chi connectivity index (χ4n) is 2.89. The van der Waals surface area contributed by atoms with Gasteiger partial charge in [0.25, 0.3) is 5.91 Å². The molecular weight excluding hydrogens is 422 g/mol. The van der Waals surface area contributed by atoms with E-state index in [4.69, 9.17) is 9.47 Å². The second kappa shape index (κ2) is 9.52. The number of nitro benzene ring substituents is 1. The highest BCUT2D eigenvalue weighted by Crippen LogP contribution is 2.40. The Labute approximate surface area is 183 Å².